The van der Waals surface area contributed by atoms with Gasteiger partial charge in [0.1, 0.15) is 16.9 Å². The molecule has 9 nitrogen and oxygen atoms in total. The first-order valence-electron chi connectivity index (χ1n) is 8.24. The summed E-state index contributed by atoms with van der Waals surface area (Å²) in [6, 6.07) is 2.94. The van der Waals surface area contributed by atoms with Gasteiger partial charge in [-0.1, -0.05) is 6.08 Å². The average molecular weight is 388 g/mol. The Morgan fingerprint density at radius 2 is 1.89 bits per heavy atom. The molecule has 0 aliphatic carbocycles. The Bertz CT molecular complexity index is 1010. The molecule has 0 saturated carbocycles. The van der Waals surface area contributed by atoms with E-state index in [1.54, 1.807) is 13.0 Å². The van der Waals surface area contributed by atoms with Crippen molar-refractivity contribution in [2.45, 2.75) is 13.3 Å². The highest BCUT2D eigenvalue weighted by molar-refractivity contribution is 6.07. The molecule has 148 valence electrons. The lowest BCUT2D eigenvalue weighted by Crippen LogP contribution is -2.24. The lowest BCUT2D eigenvalue weighted by Gasteiger charge is -2.18. The van der Waals surface area contributed by atoms with Crippen LogP contribution in [0.3, 0.4) is 0 Å². The fraction of sp³-hybridized carbons (Fsp3) is 0.211. The van der Waals surface area contributed by atoms with E-state index in [0.29, 0.717) is 17.7 Å². The zero-order chi connectivity index (χ0) is 21.0. The fourth-order valence-electron chi connectivity index (χ4n) is 2.94. The third kappa shape index (κ3) is 3.68. The van der Waals surface area contributed by atoms with E-state index in [2.05, 4.69) is 11.6 Å². The highest BCUT2D eigenvalue weighted by Crippen LogP contribution is 2.39. The van der Waals surface area contributed by atoms with Gasteiger partial charge in [-0.3, -0.25) is 4.79 Å². The quantitative estimate of drug-likeness (QED) is 0.502. The van der Waals surface area contributed by atoms with Crippen molar-refractivity contribution in [2.24, 2.45) is 0 Å². The number of hydrogen-bond acceptors (Lipinski definition) is 6. The number of ether oxygens (including phenoxy) is 2. The van der Waals surface area contributed by atoms with Crippen LogP contribution in [0.4, 0.5) is 5.82 Å². The lowest BCUT2D eigenvalue weighted by atomic mass is 9.93. The number of carbonyl (C=O) groups is 2. The Kier molecular flexibility index (Phi) is 6.09. The number of benzene rings is 1. The van der Waals surface area contributed by atoms with Crippen LogP contribution < -0.4 is 20.8 Å². The largest absolute Gasteiger partial charge is 0.493 e. The molecule has 0 aliphatic rings. The van der Waals surface area contributed by atoms with Gasteiger partial charge >= 0.3 is 11.9 Å². The van der Waals surface area contributed by atoms with Gasteiger partial charge < -0.3 is 30.4 Å². The van der Waals surface area contributed by atoms with Gasteiger partial charge in [-0.15, -0.1) is 6.58 Å². The Morgan fingerprint density at radius 3 is 2.39 bits per heavy atom. The number of nitrogens with one attached hydrogen (secondary N) is 1. The van der Waals surface area contributed by atoms with Gasteiger partial charge in [0.05, 0.1) is 13.7 Å². The summed E-state index contributed by atoms with van der Waals surface area (Å²) in [5.74, 6) is -2.84. The smallest absolute Gasteiger partial charge is 0.342 e. The van der Waals surface area contributed by atoms with Crippen molar-refractivity contribution >= 4 is 17.8 Å². The van der Waals surface area contributed by atoms with Gasteiger partial charge in [0, 0.05) is 11.1 Å². The second kappa shape index (κ2) is 8.30. The molecule has 0 unspecified atom stereocenters. The SMILES string of the molecule is C=CCc1cc(-c2c(C(=O)O)c(N)[nH]c(=O)c2C(=O)O)cc(OCC)c1OC. The summed E-state index contributed by atoms with van der Waals surface area (Å²) in [6.07, 6.45) is 1.93. The second-order valence-electron chi connectivity index (χ2n) is 5.70. The lowest BCUT2D eigenvalue weighted by molar-refractivity contribution is 0.0695. The van der Waals surface area contributed by atoms with Gasteiger partial charge in [0.2, 0.25) is 0 Å². The normalized spacial score (nSPS) is 10.4. The number of aromatic carboxylic acids is 2. The molecule has 0 radical (unpaired) electrons. The molecule has 0 amide bonds. The summed E-state index contributed by atoms with van der Waals surface area (Å²) in [6.45, 7) is 5.70. The van der Waals surface area contributed by atoms with E-state index in [9.17, 15) is 24.6 Å². The molecule has 0 aliphatic heterocycles. The topological polar surface area (TPSA) is 152 Å². The number of carboxylic acids is 2. The molecule has 1 aromatic heterocycles. The summed E-state index contributed by atoms with van der Waals surface area (Å²) < 4.78 is 10.9. The van der Waals surface area contributed by atoms with Crippen molar-refractivity contribution in [3.05, 3.63) is 51.8 Å². The third-order valence-corrected chi connectivity index (χ3v) is 3.96. The molecule has 0 spiro atoms. The number of aromatic nitrogens is 1. The molecule has 0 atom stereocenters. The predicted molar refractivity (Wildman–Crippen MR) is 102 cm³/mol. The van der Waals surface area contributed by atoms with Gasteiger partial charge in [-0.2, -0.15) is 0 Å². The van der Waals surface area contributed by atoms with Crippen LogP contribution >= 0.6 is 0 Å². The average Bonchev–Trinajstić information content (AvgIpc) is 2.60. The number of rotatable bonds is 8. The molecule has 0 fully saturated rings. The molecule has 28 heavy (non-hydrogen) atoms. The van der Waals surface area contributed by atoms with E-state index in [0.717, 1.165) is 0 Å². The fourth-order valence-corrected chi connectivity index (χ4v) is 2.94. The van der Waals surface area contributed by atoms with Crippen LogP contribution in [-0.2, 0) is 6.42 Å². The number of nitrogens with two attached hydrogens (primary N) is 1. The number of nitrogen functional groups attached to an aromatic ring is 1. The Hall–Kier alpha value is -3.75. The van der Waals surface area contributed by atoms with E-state index in [-0.39, 0.29) is 23.5 Å². The molecule has 2 rings (SSSR count). The number of H-pyrrole nitrogens is 1. The van der Waals surface area contributed by atoms with E-state index in [1.807, 2.05) is 0 Å². The minimum absolute atomic E-state index is 0.147. The van der Waals surface area contributed by atoms with Crippen molar-refractivity contribution in [3.8, 4) is 22.6 Å². The molecule has 0 bridgehead atoms. The standard InChI is InChI=1S/C19H20N2O7/c1-4-6-9-7-10(8-11(28-5-2)15(9)27-3)12-13(18(23)24)16(20)21-17(22)14(12)19(25)26/h4,7-8H,1,5-6H2,2-3H3,(H,23,24)(H,25,26)(H3,20,21,22). The van der Waals surface area contributed by atoms with Crippen molar-refractivity contribution in [1.29, 1.82) is 0 Å². The Labute approximate surface area is 160 Å². The zero-order valence-electron chi connectivity index (χ0n) is 15.4. The van der Waals surface area contributed by atoms with Crippen LogP contribution in [-0.4, -0.2) is 40.9 Å². The van der Waals surface area contributed by atoms with Crippen LogP contribution in [0.15, 0.2) is 29.6 Å². The molecule has 1 heterocycles. The molecule has 0 saturated heterocycles. The first-order valence-corrected chi connectivity index (χ1v) is 8.24. The van der Waals surface area contributed by atoms with Gasteiger partial charge in [0.25, 0.3) is 5.56 Å². The van der Waals surface area contributed by atoms with E-state index in [1.165, 1.54) is 19.2 Å². The molecule has 5 N–H and O–H groups in total. The number of aromatic amines is 1. The number of methoxy groups -OCH3 is 1. The maximum absolute atomic E-state index is 12.2. The van der Waals surface area contributed by atoms with Gasteiger partial charge in [0.15, 0.2) is 11.5 Å². The minimum atomic E-state index is -1.59. The Morgan fingerprint density at radius 1 is 1.25 bits per heavy atom. The van der Waals surface area contributed by atoms with Crippen LogP contribution in [0.2, 0.25) is 0 Å². The highest BCUT2D eigenvalue weighted by Gasteiger charge is 2.28. The van der Waals surface area contributed by atoms with Crippen LogP contribution in [0.5, 0.6) is 11.5 Å². The molecular weight excluding hydrogens is 368 g/mol. The van der Waals surface area contributed by atoms with Gasteiger partial charge in [-0.05, 0) is 31.0 Å². The van der Waals surface area contributed by atoms with E-state index < -0.39 is 34.4 Å². The number of hydrogen-bond donors (Lipinski definition) is 4. The third-order valence-electron chi connectivity index (χ3n) is 3.96. The number of allylic oxidation sites excluding steroid dienone is 1. The van der Waals surface area contributed by atoms with Crippen LogP contribution in [0.1, 0.15) is 33.2 Å². The maximum Gasteiger partial charge on any atom is 0.342 e. The molecule has 9 heteroatoms. The van der Waals surface area contributed by atoms with Crippen molar-refractivity contribution in [1.82, 2.24) is 4.98 Å². The van der Waals surface area contributed by atoms with Crippen molar-refractivity contribution in [3.63, 3.8) is 0 Å². The summed E-state index contributed by atoms with van der Waals surface area (Å²) in [5.41, 5.74) is 3.83. The maximum atomic E-state index is 12.2. The summed E-state index contributed by atoms with van der Waals surface area (Å²) in [4.78, 5) is 37.8. The number of anilines is 1. The van der Waals surface area contributed by atoms with Crippen LogP contribution in [0, 0.1) is 0 Å². The van der Waals surface area contributed by atoms with Gasteiger partial charge in [-0.25, -0.2) is 9.59 Å². The highest BCUT2D eigenvalue weighted by atomic mass is 16.5. The summed E-state index contributed by atoms with van der Waals surface area (Å²) in [5, 5.41) is 19.1. The van der Waals surface area contributed by atoms with E-state index >= 15 is 0 Å². The second-order valence-corrected chi connectivity index (χ2v) is 5.70. The van der Waals surface area contributed by atoms with Crippen molar-refractivity contribution < 1.29 is 29.3 Å². The van der Waals surface area contributed by atoms with E-state index in [4.69, 9.17) is 15.2 Å². The predicted octanol–water partition coefficient (Wildman–Crippen LogP) is 2.16. The number of pyridine rings is 1. The molecule has 2 aromatic rings. The zero-order valence-corrected chi connectivity index (χ0v) is 15.4. The van der Waals surface area contributed by atoms with Crippen molar-refractivity contribution in [2.75, 3.05) is 19.5 Å². The molecular formula is C19H20N2O7. The summed E-state index contributed by atoms with van der Waals surface area (Å²) >= 11 is 0. The first-order chi connectivity index (χ1) is 13.3. The Balaban J connectivity index is 3.01. The monoisotopic (exact) mass is 388 g/mol. The minimum Gasteiger partial charge on any atom is -0.493 e. The first kappa shape index (κ1) is 20.6. The number of carboxylic acid groups (broad SMARTS) is 2. The summed E-state index contributed by atoms with van der Waals surface area (Å²) in [7, 11) is 1.45. The molecule has 1 aromatic carbocycles. The van der Waals surface area contributed by atoms with Crippen LogP contribution in [0.25, 0.3) is 11.1 Å².